The SMILES string of the molecule is COc1nc(C)c2nc(-c3cccnc3)n(Cc3ccc(OC4C[C@H]5CC[C@@H](C4)N5C)cc3F)c2n1. The molecule has 1 aromatic carbocycles. The minimum atomic E-state index is -0.319. The Morgan fingerprint density at radius 3 is 2.58 bits per heavy atom. The van der Waals surface area contributed by atoms with Gasteiger partial charge in [0.15, 0.2) is 5.65 Å². The first-order valence-corrected chi connectivity index (χ1v) is 12.4. The maximum atomic E-state index is 15.4. The van der Waals surface area contributed by atoms with Crippen molar-refractivity contribution < 1.29 is 13.9 Å². The fourth-order valence-corrected chi connectivity index (χ4v) is 5.62. The molecule has 0 N–H and O–H groups in total. The maximum absolute atomic E-state index is 15.4. The van der Waals surface area contributed by atoms with E-state index in [0.717, 1.165) is 18.4 Å². The number of hydrogen-bond acceptors (Lipinski definition) is 7. The minimum Gasteiger partial charge on any atom is -0.490 e. The molecule has 0 radical (unpaired) electrons. The van der Waals surface area contributed by atoms with Gasteiger partial charge in [-0.1, -0.05) is 6.07 Å². The maximum Gasteiger partial charge on any atom is 0.318 e. The molecule has 6 rings (SSSR count). The van der Waals surface area contributed by atoms with Crippen LogP contribution in [0.2, 0.25) is 0 Å². The number of imidazole rings is 1. The number of pyridine rings is 1. The van der Waals surface area contributed by atoms with Crippen molar-refractivity contribution in [3.63, 3.8) is 0 Å². The first-order valence-electron chi connectivity index (χ1n) is 12.4. The number of benzene rings is 1. The van der Waals surface area contributed by atoms with E-state index in [4.69, 9.17) is 14.5 Å². The van der Waals surface area contributed by atoms with Crippen LogP contribution in [-0.4, -0.2) is 61.7 Å². The lowest BCUT2D eigenvalue weighted by Gasteiger charge is -2.36. The van der Waals surface area contributed by atoms with E-state index >= 15 is 4.39 Å². The molecular formula is C27H29FN6O2. The van der Waals surface area contributed by atoms with Gasteiger partial charge in [0.25, 0.3) is 0 Å². The number of ether oxygens (including phenoxy) is 2. The Morgan fingerprint density at radius 2 is 1.89 bits per heavy atom. The summed E-state index contributed by atoms with van der Waals surface area (Å²) in [5, 5.41) is 0. The summed E-state index contributed by atoms with van der Waals surface area (Å²) in [6.45, 7) is 2.10. The third kappa shape index (κ3) is 4.07. The van der Waals surface area contributed by atoms with Gasteiger partial charge in [0, 0.05) is 41.7 Å². The molecule has 3 atom stereocenters. The minimum absolute atomic E-state index is 0.130. The van der Waals surface area contributed by atoms with Crippen molar-refractivity contribution >= 4 is 11.2 Å². The van der Waals surface area contributed by atoms with Gasteiger partial charge in [-0.25, -0.2) is 9.37 Å². The second-order valence-corrected chi connectivity index (χ2v) is 9.75. The molecule has 9 heteroatoms. The van der Waals surface area contributed by atoms with Crippen LogP contribution in [0.3, 0.4) is 0 Å². The van der Waals surface area contributed by atoms with E-state index in [2.05, 4.69) is 26.9 Å². The van der Waals surface area contributed by atoms with Gasteiger partial charge in [-0.3, -0.25) is 4.98 Å². The first kappa shape index (κ1) is 22.8. The molecule has 1 unspecified atom stereocenters. The van der Waals surface area contributed by atoms with Crippen LogP contribution in [0.1, 0.15) is 36.9 Å². The van der Waals surface area contributed by atoms with E-state index in [9.17, 15) is 0 Å². The second kappa shape index (κ2) is 9.13. The van der Waals surface area contributed by atoms with Gasteiger partial charge in [0.05, 0.1) is 19.3 Å². The summed E-state index contributed by atoms with van der Waals surface area (Å²) in [6, 6.07) is 10.3. The highest BCUT2D eigenvalue weighted by atomic mass is 19.1. The summed E-state index contributed by atoms with van der Waals surface area (Å²) in [6.07, 6.45) is 8.00. The summed E-state index contributed by atoms with van der Waals surface area (Å²) in [7, 11) is 3.73. The quantitative estimate of drug-likeness (QED) is 0.398. The van der Waals surface area contributed by atoms with E-state index in [1.807, 2.05) is 29.7 Å². The van der Waals surface area contributed by atoms with Gasteiger partial charge in [-0.15, -0.1) is 0 Å². The van der Waals surface area contributed by atoms with Gasteiger partial charge < -0.3 is 18.9 Å². The van der Waals surface area contributed by atoms with Crippen LogP contribution in [0.25, 0.3) is 22.6 Å². The zero-order valence-electron chi connectivity index (χ0n) is 20.7. The summed E-state index contributed by atoms with van der Waals surface area (Å²) in [4.78, 5) is 20.4. The molecule has 2 saturated heterocycles. The van der Waals surface area contributed by atoms with Crippen molar-refractivity contribution in [2.24, 2.45) is 0 Å². The number of aromatic nitrogens is 5. The van der Waals surface area contributed by atoms with Crippen molar-refractivity contribution in [2.45, 2.75) is 57.3 Å². The molecule has 186 valence electrons. The van der Waals surface area contributed by atoms with Crippen LogP contribution in [-0.2, 0) is 6.54 Å². The third-order valence-corrected chi connectivity index (χ3v) is 7.56. The van der Waals surface area contributed by atoms with Crippen molar-refractivity contribution in [3.05, 3.63) is 59.8 Å². The molecule has 5 heterocycles. The molecule has 2 fully saturated rings. The molecule has 4 aromatic rings. The zero-order valence-corrected chi connectivity index (χ0v) is 20.7. The normalized spacial score (nSPS) is 21.7. The van der Waals surface area contributed by atoms with Crippen molar-refractivity contribution in [2.75, 3.05) is 14.2 Å². The summed E-state index contributed by atoms with van der Waals surface area (Å²) < 4.78 is 28.8. The molecular weight excluding hydrogens is 459 g/mol. The lowest BCUT2D eigenvalue weighted by molar-refractivity contribution is 0.0659. The van der Waals surface area contributed by atoms with Gasteiger partial charge in [0.2, 0.25) is 0 Å². The molecule has 2 aliphatic rings. The Kier molecular flexibility index (Phi) is 5.79. The lowest BCUT2D eigenvalue weighted by atomic mass is 10.0. The summed E-state index contributed by atoms with van der Waals surface area (Å²) >= 11 is 0. The fourth-order valence-electron chi connectivity index (χ4n) is 5.62. The number of fused-ring (bicyclic) bond motifs is 3. The highest BCUT2D eigenvalue weighted by Gasteiger charge is 2.39. The topological polar surface area (TPSA) is 78.2 Å². The van der Waals surface area contributed by atoms with Crippen LogP contribution >= 0.6 is 0 Å². The molecule has 0 aliphatic carbocycles. The van der Waals surface area contributed by atoms with Crippen molar-refractivity contribution in [1.29, 1.82) is 0 Å². The Morgan fingerprint density at radius 1 is 1.08 bits per heavy atom. The summed E-state index contributed by atoms with van der Waals surface area (Å²) in [5.74, 6) is 0.901. The van der Waals surface area contributed by atoms with Crippen LogP contribution in [0, 0.1) is 12.7 Å². The number of piperidine rings is 1. The number of aryl methyl sites for hydroxylation is 1. The van der Waals surface area contributed by atoms with Gasteiger partial charge in [0.1, 0.15) is 29.0 Å². The molecule has 2 bridgehead atoms. The highest BCUT2D eigenvalue weighted by molar-refractivity contribution is 5.79. The van der Waals surface area contributed by atoms with Crippen LogP contribution in [0.4, 0.5) is 4.39 Å². The van der Waals surface area contributed by atoms with E-state index in [1.54, 1.807) is 18.5 Å². The zero-order chi connectivity index (χ0) is 24.8. The number of hydrogen-bond donors (Lipinski definition) is 0. The van der Waals surface area contributed by atoms with Crippen molar-refractivity contribution in [1.82, 2.24) is 29.4 Å². The first-order chi connectivity index (χ1) is 17.5. The fraction of sp³-hybridized carbons (Fsp3) is 0.407. The third-order valence-electron chi connectivity index (χ3n) is 7.56. The average Bonchev–Trinajstić information content (AvgIpc) is 3.33. The van der Waals surface area contributed by atoms with E-state index in [-0.39, 0.29) is 24.5 Å². The molecule has 8 nitrogen and oxygen atoms in total. The molecule has 36 heavy (non-hydrogen) atoms. The van der Waals surface area contributed by atoms with E-state index in [1.165, 1.54) is 26.0 Å². The molecule has 0 saturated carbocycles. The Balaban J connectivity index is 1.32. The average molecular weight is 489 g/mol. The summed E-state index contributed by atoms with van der Waals surface area (Å²) in [5.41, 5.74) is 3.25. The van der Waals surface area contributed by atoms with Gasteiger partial charge in [-0.2, -0.15) is 9.97 Å². The Labute approximate surface area is 209 Å². The Bertz CT molecular complexity index is 1390. The molecule has 0 amide bonds. The second-order valence-electron chi connectivity index (χ2n) is 9.75. The molecule has 2 aliphatic heterocycles. The van der Waals surface area contributed by atoms with E-state index in [0.29, 0.717) is 46.1 Å². The number of rotatable bonds is 6. The standard InChI is InChI=1S/C27H29FN6O2/c1-16-24-26(32-27(30-16)35-3)34(25(31-24)17-5-4-10-29-14-17)15-18-6-9-21(13-23(18)28)36-22-11-19-7-8-20(12-22)33(19)2/h4-6,9-10,13-14,19-20,22H,7-8,11-12,15H2,1-3H3/t19-,20+,22?. The predicted molar refractivity (Wildman–Crippen MR) is 134 cm³/mol. The van der Waals surface area contributed by atoms with Gasteiger partial charge in [-0.05, 0) is 57.9 Å². The smallest absolute Gasteiger partial charge is 0.318 e. The highest BCUT2D eigenvalue weighted by Crippen LogP contribution is 2.36. The monoisotopic (exact) mass is 488 g/mol. The molecule has 0 spiro atoms. The lowest BCUT2D eigenvalue weighted by Crippen LogP contribution is -2.43. The predicted octanol–water partition coefficient (Wildman–Crippen LogP) is 4.40. The van der Waals surface area contributed by atoms with Gasteiger partial charge >= 0.3 is 6.01 Å². The van der Waals surface area contributed by atoms with Crippen molar-refractivity contribution in [3.8, 4) is 23.1 Å². The number of nitrogens with zero attached hydrogens (tertiary/aromatic N) is 6. The van der Waals surface area contributed by atoms with Crippen LogP contribution in [0.15, 0.2) is 42.7 Å². The Hall–Kier alpha value is -3.59. The number of halogens is 1. The van der Waals surface area contributed by atoms with Crippen LogP contribution in [0.5, 0.6) is 11.8 Å². The molecule has 3 aromatic heterocycles. The number of methoxy groups -OCH3 is 1. The van der Waals surface area contributed by atoms with E-state index < -0.39 is 0 Å². The largest absolute Gasteiger partial charge is 0.490 e. The van der Waals surface area contributed by atoms with Crippen LogP contribution < -0.4 is 9.47 Å².